The number of pyridine rings is 1. The molecule has 1 aromatic carbocycles. The zero-order chi connectivity index (χ0) is 23.8. The number of piperazine rings is 1. The Morgan fingerprint density at radius 3 is 2.36 bits per heavy atom. The van der Waals surface area contributed by atoms with Crippen LogP contribution in [0.3, 0.4) is 0 Å². The number of rotatable bonds is 3. The van der Waals surface area contributed by atoms with Crippen LogP contribution in [0.5, 0.6) is 0 Å². The average molecular weight is 479 g/mol. The maximum Gasteiger partial charge on any atom is 0.471 e. The van der Waals surface area contributed by atoms with Crippen LogP contribution in [0.4, 0.5) is 19.0 Å². The van der Waals surface area contributed by atoms with Crippen LogP contribution in [0.1, 0.15) is 16.7 Å². The van der Waals surface area contributed by atoms with Crippen LogP contribution >= 0.6 is 0 Å². The van der Waals surface area contributed by atoms with Gasteiger partial charge in [-0.3, -0.25) is 4.79 Å². The number of carbonyl (C=O) groups excluding carboxylic acids is 1. The third-order valence-corrected chi connectivity index (χ3v) is 7.69. The van der Waals surface area contributed by atoms with Crippen LogP contribution in [0, 0.1) is 11.3 Å². The average Bonchev–Trinajstić information content (AvgIpc) is 2.82. The van der Waals surface area contributed by atoms with Gasteiger partial charge < -0.3 is 9.80 Å². The number of hydrogen-bond donors (Lipinski definition) is 0. The largest absolute Gasteiger partial charge is 0.471 e. The summed E-state index contributed by atoms with van der Waals surface area (Å²) in [6.07, 6.45) is -3.28. The number of hydrogen-bond acceptors (Lipinski definition) is 6. The van der Waals surface area contributed by atoms with Gasteiger partial charge in [0.2, 0.25) is 10.0 Å². The smallest absolute Gasteiger partial charge is 0.354 e. The van der Waals surface area contributed by atoms with Crippen LogP contribution in [0.25, 0.3) is 0 Å². The zero-order valence-corrected chi connectivity index (χ0v) is 18.2. The summed E-state index contributed by atoms with van der Waals surface area (Å²) in [6.45, 7) is 0.866. The Kier molecular flexibility index (Phi) is 6.02. The summed E-state index contributed by atoms with van der Waals surface area (Å²) in [7, 11) is -3.86. The molecule has 12 heteroatoms. The highest BCUT2D eigenvalue weighted by atomic mass is 32.2. The molecular formula is C21H20F3N5O3S. The van der Waals surface area contributed by atoms with Crippen molar-refractivity contribution < 1.29 is 26.4 Å². The van der Waals surface area contributed by atoms with Gasteiger partial charge in [0.25, 0.3) is 0 Å². The van der Waals surface area contributed by atoms with E-state index < -0.39 is 22.1 Å². The minimum absolute atomic E-state index is 0.00694. The molecule has 1 saturated heterocycles. The van der Waals surface area contributed by atoms with Crippen LogP contribution in [-0.2, 0) is 27.8 Å². The summed E-state index contributed by atoms with van der Waals surface area (Å²) < 4.78 is 66.1. The molecule has 0 radical (unpaired) electrons. The number of nitriles is 1. The highest BCUT2D eigenvalue weighted by Crippen LogP contribution is 2.28. The van der Waals surface area contributed by atoms with Crippen molar-refractivity contribution in [1.82, 2.24) is 14.2 Å². The predicted molar refractivity (Wildman–Crippen MR) is 112 cm³/mol. The van der Waals surface area contributed by atoms with Crippen LogP contribution in [0.2, 0.25) is 0 Å². The third-order valence-electron chi connectivity index (χ3n) is 5.80. The number of anilines is 1. The molecule has 33 heavy (non-hydrogen) atoms. The Hall–Kier alpha value is -3.17. The molecule has 4 rings (SSSR count). The molecule has 0 saturated carbocycles. The molecule has 3 heterocycles. The van der Waals surface area contributed by atoms with Crippen molar-refractivity contribution in [1.29, 1.82) is 5.26 Å². The highest BCUT2D eigenvalue weighted by molar-refractivity contribution is 7.89. The van der Waals surface area contributed by atoms with E-state index in [1.807, 2.05) is 11.0 Å². The zero-order valence-electron chi connectivity index (χ0n) is 17.4. The molecule has 0 atom stereocenters. The Morgan fingerprint density at radius 2 is 1.76 bits per heavy atom. The minimum atomic E-state index is -4.97. The molecule has 0 aliphatic carbocycles. The van der Waals surface area contributed by atoms with E-state index in [0.717, 1.165) is 5.56 Å². The Morgan fingerprint density at radius 1 is 1.03 bits per heavy atom. The Labute approximate surface area is 188 Å². The quantitative estimate of drug-likeness (QED) is 0.667. The Bertz CT molecular complexity index is 1200. The molecule has 0 bridgehead atoms. The molecule has 8 nitrogen and oxygen atoms in total. The fourth-order valence-corrected chi connectivity index (χ4v) is 5.47. The predicted octanol–water partition coefficient (Wildman–Crippen LogP) is 1.91. The van der Waals surface area contributed by atoms with Crippen molar-refractivity contribution >= 4 is 21.7 Å². The summed E-state index contributed by atoms with van der Waals surface area (Å²) in [4.78, 5) is 18.4. The van der Waals surface area contributed by atoms with Gasteiger partial charge in [0.05, 0.1) is 10.5 Å². The number of alkyl halides is 3. The van der Waals surface area contributed by atoms with Crippen LogP contribution in [0.15, 0.2) is 41.4 Å². The van der Waals surface area contributed by atoms with Crippen molar-refractivity contribution in [2.75, 3.05) is 37.6 Å². The van der Waals surface area contributed by atoms with Crippen molar-refractivity contribution in [3.63, 3.8) is 0 Å². The molecular weight excluding hydrogens is 459 g/mol. The Balaban J connectivity index is 1.47. The lowest BCUT2D eigenvalue weighted by Crippen LogP contribution is -2.49. The second-order valence-corrected chi connectivity index (χ2v) is 9.75. The number of halogens is 3. The van der Waals surface area contributed by atoms with Gasteiger partial charge in [-0.2, -0.15) is 22.7 Å². The maximum atomic E-state index is 13.2. The first-order chi connectivity index (χ1) is 15.6. The van der Waals surface area contributed by atoms with Gasteiger partial charge in [0.1, 0.15) is 11.9 Å². The number of benzene rings is 1. The fraction of sp³-hybridized carbons (Fsp3) is 0.381. The normalized spacial score (nSPS) is 17.4. The van der Waals surface area contributed by atoms with Gasteiger partial charge in [-0.25, -0.2) is 13.4 Å². The van der Waals surface area contributed by atoms with E-state index in [9.17, 15) is 26.4 Å². The molecule has 174 valence electrons. The van der Waals surface area contributed by atoms with Gasteiger partial charge in [-0.15, -0.1) is 0 Å². The standard InChI is InChI=1S/C21H20F3N5O3S/c22-21(23,24)20(30)28-6-5-16-2-3-18(11-17(16)14-28)33(31,32)29-9-7-27(8-10-29)19-4-1-15(12-25)13-26-19/h1-4,11,13H,5-10,14H2. The van der Waals surface area contributed by atoms with E-state index in [1.54, 1.807) is 18.2 Å². The number of amides is 1. The molecule has 0 unspecified atom stereocenters. The van der Waals surface area contributed by atoms with E-state index in [1.165, 1.54) is 22.6 Å². The van der Waals surface area contributed by atoms with Crippen LogP contribution < -0.4 is 4.90 Å². The summed E-state index contributed by atoms with van der Waals surface area (Å²) in [5.41, 5.74) is 1.57. The molecule has 2 aliphatic heterocycles. The molecule has 1 aromatic heterocycles. The molecule has 1 amide bonds. The fourth-order valence-electron chi connectivity index (χ4n) is 3.99. The lowest BCUT2D eigenvalue weighted by Gasteiger charge is -2.35. The molecule has 0 N–H and O–H groups in total. The van der Waals surface area contributed by atoms with E-state index in [2.05, 4.69) is 4.98 Å². The number of nitrogens with zero attached hydrogens (tertiary/aromatic N) is 5. The SMILES string of the molecule is N#Cc1ccc(N2CCN(S(=O)(=O)c3ccc4c(c3)CN(C(=O)C(F)(F)F)CC4)CC2)nc1. The van der Waals surface area contributed by atoms with Gasteiger partial charge in [-0.1, -0.05) is 6.07 Å². The number of fused-ring (bicyclic) bond motifs is 1. The van der Waals surface area contributed by atoms with Crippen molar-refractivity contribution in [2.24, 2.45) is 0 Å². The highest BCUT2D eigenvalue weighted by Gasteiger charge is 2.43. The van der Waals surface area contributed by atoms with E-state index in [4.69, 9.17) is 5.26 Å². The molecule has 2 aliphatic rings. The number of aromatic nitrogens is 1. The van der Waals surface area contributed by atoms with E-state index in [0.29, 0.717) is 34.9 Å². The number of sulfonamides is 1. The number of carbonyl (C=O) groups is 1. The van der Waals surface area contributed by atoms with Gasteiger partial charge in [0, 0.05) is 45.5 Å². The summed E-state index contributed by atoms with van der Waals surface area (Å²) >= 11 is 0. The van der Waals surface area contributed by atoms with Gasteiger partial charge in [-0.05, 0) is 41.8 Å². The monoisotopic (exact) mass is 479 g/mol. The summed E-state index contributed by atoms with van der Waals surface area (Å²) in [6, 6.07) is 9.78. The van der Waals surface area contributed by atoms with Crippen LogP contribution in [-0.4, -0.2) is 67.4 Å². The first kappa shape index (κ1) is 23.0. The molecule has 0 spiro atoms. The lowest BCUT2D eigenvalue weighted by atomic mass is 10.00. The van der Waals surface area contributed by atoms with Crippen molar-refractivity contribution in [3.8, 4) is 6.07 Å². The minimum Gasteiger partial charge on any atom is -0.354 e. The summed E-state index contributed by atoms with van der Waals surface area (Å²) in [5.74, 6) is -1.27. The van der Waals surface area contributed by atoms with E-state index in [-0.39, 0.29) is 37.5 Å². The molecule has 2 aromatic rings. The lowest BCUT2D eigenvalue weighted by molar-refractivity contribution is -0.186. The second kappa shape index (κ2) is 8.64. The third kappa shape index (κ3) is 4.65. The first-order valence-corrected chi connectivity index (χ1v) is 11.6. The maximum absolute atomic E-state index is 13.2. The van der Waals surface area contributed by atoms with E-state index >= 15 is 0 Å². The second-order valence-electron chi connectivity index (χ2n) is 7.81. The van der Waals surface area contributed by atoms with Crippen molar-refractivity contribution in [2.45, 2.75) is 24.0 Å². The van der Waals surface area contributed by atoms with Crippen molar-refractivity contribution in [3.05, 3.63) is 53.2 Å². The molecule has 1 fully saturated rings. The topological polar surface area (TPSA) is 97.6 Å². The summed E-state index contributed by atoms with van der Waals surface area (Å²) in [5, 5.41) is 8.88. The van der Waals surface area contributed by atoms with Gasteiger partial charge >= 0.3 is 12.1 Å². The first-order valence-electron chi connectivity index (χ1n) is 10.2. The van der Waals surface area contributed by atoms with Gasteiger partial charge in [0.15, 0.2) is 0 Å².